The maximum atomic E-state index is 11.8. The zero-order valence-electron chi connectivity index (χ0n) is 27.9. The smallest absolute Gasteiger partial charge is 0.330 e. The minimum absolute atomic E-state index is 0.0367. The Balaban J connectivity index is 1.45. The second-order valence-electron chi connectivity index (χ2n) is 14.8. The summed E-state index contributed by atoms with van der Waals surface area (Å²) in [5.74, 6) is 3.96. The molecule has 0 bridgehead atoms. The Morgan fingerprint density at radius 1 is 1.07 bits per heavy atom. The average Bonchev–Trinajstić information content (AvgIpc) is 3.31. The van der Waals surface area contributed by atoms with E-state index in [1.165, 1.54) is 63.5 Å². The van der Waals surface area contributed by atoms with Crippen molar-refractivity contribution in [1.29, 1.82) is 0 Å². The van der Waals surface area contributed by atoms with E-state index >= 15 is 0 Å². The van der Waals surface area contributed by atoms with Crippen molar-refractivity contribution in [2.75, 3.05) is 13.2 Å². The van der Waals surface area contributed by atoms with Crippen LogP contribution in [0.25, 0.3) is 0 Å². The molecule has 4 aliphatic rings. The lowest BCUT2D eigenvalue weighted by Crippen LogP contribution is -2.52. The maximum absolute atomic E-state index is 11.8. The molecular formula is C37H59NO5. The Morgan fingerprint density at radius 3 is 2.63 bits per heavy atom. The molecule has 8 atom stereocenters. The lowest BCUT2D eigenvalue weighted by Gasteiger charge is -2.58. The number of unbranched alkanes of at least 4 members (excludes halogenated alkanes) is 1. The van der Waals surface area contributed by atoms with Crippen molar-refractivity contribution < 1.29 is 23.9 Å². The molecule has 0 unspecified atom stereocenters. The molecule has 0 aromatic carbocycles. The van der Waals surface area contributed by atoms with Gasteiger partial charge in [-0.3, -0.25) is 4.79 Å². The molecule has 3 fully saturated rings. The minimum atomic E-state index is -0.297. The molecule has 0 heterocycles. The monoisotopic (exact) mass is 597 g/mol. The van der Waals surface area contributed by atoms with Crippen LogP contribution in [0.5, 0.6) is 0 Å². The van der Waals surface area contributed by atoms with Gasteiger partial charge in [0.1, 0.15) is 12.7 Å². The molecule has 0 saturated heterocycles. The van der Waals surface area contributed by atoms with E-state index < -0.39 is 0 Å². The molecule has 3 saturated carbocycles. The topological polar surface area (TPSA) is 74.2 Å². The van der Waals surface area contributed by atoms with Gasteiger partial charge in [0.05, 0.1) is 12.8 Å². The van der Waals surface area contributed by atoms with E-state index in [4.69, 9.17) is 14.3 Å². The summed E-state index contributed by atoms with van der Waals surface area (Å²) in [4.78, 5) is 29.1. The first kappa shape index (κ1) is 33.8. The number of ether oxygens (including phenoxy) is 2. The third-order valence-electron chi connectivity index (χ3n) is 11.7. The summed E-state index contributed by atoms with van der Waals surface area (Å²) in [6.45, 7) is 14.1. The molecule has 242 valence electrons. The summed E-state index contributed by atoms with van der Waals surface area (Å²) in [6, 6.07) is 0. The van der Waals surface area contributed by atoms with Crippen LogP contribution in [0.3, 0.4) is 0 Å². The van der Waals surface area contributed by atoms with Crippen LogP contribution in [-0.2, 0) is 23.9 Å². The van der Waals surface area contributed by atoms with Crippen LogP contribution in [0.4, 0.5) is 0 Å². The van der Waals surface area contributed by atoms with E-state index in [2.05, 4.69) is 45.1 Å². The third-order valence-corrected chi connectivity index (χ3v) is 11.7. The number of rotatable bonds is 14. The highest BCUT2D eigenvalue weighted by Crippen LogP contribution is 2.67. The highest BCUT2D eigenvalue weighted by Gasteiger charge is 2.60. The van der Waals surface area contributed by atoms with Gasteiger partial charge in [-0.2, -0.15) is 0 Å². The Labute approximate surface area is 261 Å². The number of allylic oxidation sites excluding steroid dienone is 2. The number of oxime groups is 1. The molecule has 6 heteroatoms. The quantitative estimate of drug-likeness (QED) is 0.0499. The summed E-state index contributed by atoms with van der Waals surface area (Å²) in [5, 5.41) is 4.61. The van der Waals surface area contributed by atoms with Crippen LogP contribution in [0.15, 0.2) is 29.0 Å². The number of nitrogens with zero attached hydrogens (tertiary/aromatic N) is 1. The fraction of sp³-hybridized carbons (Fsp3) is 0.811. The van der Waals surface area contributed by atoms with Crippen LogP contribution in [-0.4, -0.2) is 37.5 Å². The normalized spacial score (nSPS) is 34.4. The summed E-state index contributed by atoms with van der Waals surface area (Å²) in [7, 11) is 0. The van der Waals surface area contributed by atoms with E-state index in [1.807, 2.05) is 13.0 Å². The lowest BCUT2D eigenvalue weighted by molar-refractivity contribution is -0.148. The molecule has 0 spiro atoms. The van der Waals surface area contributed by atoms with Crippen molar-refractivity contribution in [3.63, 3.8) is 0 Å². The molecule has 4 aliphatic carbocycles. The van der Waals surface area contributed by atoms with E-state index in [-0.39, 0.29) is 23.5 Å². The standard InChI is InChI=1S/C37H59NO5/c1-7-41-35(40)14-9-8-10-23-42-38-25-37-22-19-30(43-28(5)39)24-29(37)15-16-31-33-18-17-32(27(4)13-11-12-26(2)3)36(33,6)21-20-34(31)37/h9,14-15,25-27,30-34H,7-8,10-13,16-24H2,1-6H3/b14-9+,38-25+/t27-,30+,31+,32-,33+,34+,36-,37-/m1/s1. The Kier molecular flexibility index (Phi) is 12.0. The zero-order chi connectivity index (χ0) is 31.0. The van der Waals surface area contributed by atoms with Gasteiger partial charge in [0.2, 0.25) is 0 Å². The van der Waals surface area contributed by atoms with Crippen LogP contribution < -0.4 is 0 Å². The summed E-state index contributed by atoms with van der Waals surface area (Å²) in [6.07, 6.45) is 22.7. The van der Waals surface area contributed by atoms with Crippen LogP contribution in [0, 0.1) is 46.3 Å². The van der Waals surface area contributed by atoms with Gasteiger partial charge in [-0.05, 0) is 106 Å². The van der Waals surface area contributed by atoms with Crippen LogP contribution in [0.1, 0.15) is 125 Å². The fourth-order valence-electron chi connectivity index (χ4n) is 9.75. The molecule has 0 radical (unpaired) electrons. The van der Waals surface area contributed by atoms with Crippen molar-refractivity contribution in [1.82, 2.24) is 0 Å². The first-order chi connectivity index (χ1) is 20.6. The molecule has 0 N–H and O–H groups in total. The summed E-state index contributed by atoms with van der Waals surface area (Å²) in [5.41, 5.74) is 1.74. The van der Waals surface area contributed by atoms with E-state index in [0.29, 0.717) is 30.5 Å². The summed E-state index contributed by atoms with van der Waals surface area (Å²) < 4.78 is 10.6. The van der Waals surface area contributed by atoms with Gasteiger partial charge >= 0.3 is 11.9 Å². The van der Waals surface area contributed by atoms with Crippen LogP contribution in [0.2, 0.25) is 0 Å². The van der Waals surface area contributed by atoms with E-state index in [9.17, 15) is 9.59 Å². The Morgan fingerprint density at radius 2 is 1.88 bits per heavy atom. The first-order valence-corrected chi connectivity index (χ1v) is 17.5. The van der Waals surface area contributed by atoms with Gasteiger partial charge in [0.15, 0.2) is 0 Å². The Hall–Kier alpha value is -2.11. The van der Waals surface area contributed by atoms with Gasteiger partial charge in [-0.15, -0.1) is 0 Å². The summed E-state index contributed by atoms with van der Waals surface area (Å²) >= 11 is 0. The van der Waals surface area contributed by atoms with Crippen molar-refractivity contribution in [2.24, 2.45) is 51.5 Å². The average molecular weight is 598 g/mol. The van der Waals surface area contributed by atoms with Crippen molar-refractivity contribution >= 4 is 18.2 Å². The predicted octanol–water partition coefficient (Wildman–Crippen LogP) is 8.84. The molecular weight excluding hydrogens is 538 g/mol. The van der Waals surface area contributed by atoms with E-state index in [0.717, 1.165) is 62.2 Å². The molecule has 0 aromatic rings. The molecule has 0 aromatic heterocycles. The number of carbonyl (C=O) groups excluding carboxylic acids is 2. The fourth-order valence-corrected chi connectivity index (χ4v) is 9.75. The zero-order valence-corrected chi connectivity index (χ0v) is 27.9. The predicted molar refractivity (Wildman–Crippen MR) is 172 cm³/mol. The number of carbonyl (C=O) groups is 2. The first-order valence-electron chi connectivity index (χ1n) is 17.5. The van der Waals surface area contributed by atoms with Gasteiger partial charge in [-0.25, -0.2) is 4.79 Å². The number of hydrogen-bond donors (Lipinski definition) is 0. The molecule has 43 heavy (non-hydrogen) atoms. The number of esters is 2. The van der Waals surface area contributed by atoms with Crippen LogP contribution >= 0.6 is 0 Å². The van der Waals surface area contributed by atoms with Crippen molar-refractivity contribution in [3.05, 3.63) is 23.8 Å². The number of hydrogen-bond acceptors (Lipinski definition) is 6. The second kappa shape index (κ2) is 15.3. The van der Waals surface area contributed by atoms with Gasteiger partial charge in [0.25, 0.3) is 0 Å². The van der Waals surface area contributed by atoms with Crippen molar-refractivity contribution in [2.45, 2.75) is 131 Å². The van der Waals surface area contributed by atoms with Gasteiger partial charge in [-0.1, -0.05) is 69.8 Å². The van der Waals surface area contributed by atoms with Gasteiger partial charge < -0.3 is 14.3 Å². The molecule has 0 aliphatic heterocycles. The van der Waals surface area contributed by atoms with Gasteiger partial charge in [0, 0.05) is 24.8 Å². The maximum Gasteiger partial charge on any atom is 0.330 e. The molecule has 6 nitrogen and oxygen atoms in total. The Bertz CT molecular complexity index is 1030. The SMILES string of the molecule is CCOC(=O)/C=C/CCCO/N=C/[C@]12CC[C@H](OC(C)=O)CC1=CC[C@H]1[C@@H]3CC[C@H]([C@H](C)CCCC(C)C)[C@@]3(C)CC[C@@H]12. The molecule has 4 rings (SSSR count). The third kappa shape index (κ3) is 7.95. The lowest BCUT2D eigenvalue weighted by atomic mass is 9.46. The number of fused-ring (bicyclic) bond motifs is 5. The van der Waals surface area contributed by atoms with E-state index in [1.54, 1.807) is 0 Å². The minimum Gasteiger partial charge on any atom is -0.463 e. The highest BCUT2D eigenvalue weighted by molar-refractivity contribution is 5.81. The highest BCUT2D eigenvalue weighted by atomic mass is 16.6. The molecule has 0 amide bonds. The second-order valence-corrected chi connectivity index (χ2v) is 14.8. The largest absolute Gasteiger partial charge is 0.463 e. The van der Waals surface area contributed by atoms with Crippen molar-refractivity contribution in [3.8, 4) is 0 Å².